The third-order valence-electron chi connectivity index (χ3n) is 9.35. The maximum absolute atomic E-state index is 5.86. The fourth-order valence-electron chi connectivity index (χ4n) is 7.51. The summed E-state index contributed by atoms with van der Waals surface area (Å²) in [4.78, 5) is 0. The molecule has 2 aliphatic carbocycles. The van der Waals surface area contributed by atoms with Crippen molar-refractivity contribution >= 4 is 16.7 Å². The molecular formula is C43H32O2. The fraction of sp³-hybridized carbons (Fsp3) is 0.0698. The van der Waals surface area contributed by atoms with E-state index in [0.29, 0.717) is 0 Å². The molecule has 1 atom stereocenters. The molecule has 0 aromatic heterocycles. The van der Waals surface area contributed by atoms with Gasteiger partial charge in [0.25, 0.3) is 0 Å². The van der Waals surface area contributed by atoms with Gasteiger partial charge in [-0.2, -0.15) is 0 Å². The largest absolute Gasteiger partial charge is 0.497 e. The van der Waals surface area contributed by atoms with Gasteiger partial charge in [0.1, 0.15) is 11.5 Å². The van der Waals surface area contributed by atoms with Gasteiger partial charge in [-0.25, -0.2) is 0 Å². The number of methoxy groups -OCH3 is 2. The Morgan fingerprint density at radius 1 is 0.400 bits per heavy atom. The SMILES string of the molecule is COc1ccc(C2(c3ccccc3)C3=C(c4ccccc4)c4ccc(OC)cc4C3=C(c3ccccc3)c3ccccc32)cc1. The van der Waals surface area contributed by atoms with E-state index < -0.39 is 5.41 Å². The molecule has 6 aromatic rings. The van der Waals surface area contributed by atoms with Gasteiger partial charge in [0.05, 0.1) is 19.6 Å². The van der Waals surface area contributed by atoms with Gasteiger partial charge < -0.3 is 9.47 Å². The van der Waals surface area contributed by atoms with Crippen LogP contribution in [0.4, 0.5) is 0 Å². The smallest absolute Gasteiger partial charge is 0.119 e. The molecule has 0 heterocycles. The Labute approximate surface area is 264 Å². The molecule has 216 valence electrons. The summed E-state index contributed by atoms with van der Waals surface area (Å²) >= 11 is 0. The van der Waals surface area contributed by atoms with Gasteiger partial charge in [-0.05, 0) is 91.1 Å². The first-order valence-corrected chi connectivity index (χ1v) is 15.3. The lowest BCUT2D eigenvalue weighted by Crippen LogP contribution is -2.36. The number of benzene rings is 6. The second kappa shape index (κ2) is 10.8. The van der Waals surface area contributed by atoms with E-state index in [2.05, 4.69) is 158 Å². The first kappa shape index (κ1) is 27.0. The second-order valence-corrected chi connectivity index (χ2v) is 11.5. The predicted octanol–water partition coefficient (Wildman–Crippen LogP) is 9.83. The van der Waals surface area contributed by atoms with Crippen LogP contribution in [0.15, 0.2) is 163 Å². The lowest BCUT2D eigenvalue weighted by Gasteiger charge is -2.44. The first-order valence-electron chi connectivity index (χ1n) is 15.3. The lowest BCUT2D eigenvalue weighted by molar-refractivity contribution is 0.414. The van der Waals surface area contributed by atoms with Gasteiger partial charge in [0, 0.05) is 0 Å². The molecule has 0 radical (unpaired) electrons. The van der Waals surface area contributed by atoms with Gasteiger partial charge in [0.2, 0.25) is 0 Å². The second-order valence-electron chi connectivity index (χ2n) is 11.5. The first-order chi connectivity index (χ1) is 22.3. The Hall–Kier alpha value is -5.60. The van der Waals surface area contributed by atoms with E-state index in [1.807, 2.05) is 0 Å². The molecule has 0 saturated carbocycles. The fourth-order valence-corrected chi connectivity index (χ4v) is 7.51. The summed E-state index contributed by atoms with van der Waals surface area (Å²) in [5.74, 6) is 1.68. The van der Waals surface area contributed by atoms with Crippen molar-refractivity contribution in [3.05, 3.63) is 208 Å². The Bertz CT molecular complexity index is 2090. The molecule has 0 bridgehead atoms. The summed E-state index contributed by atoms with van der Waals surface area (Å²) in [6.45, 7) is 0. The third kappa shape index (κ3) is 4.03. The van der Waals surface area contributed by atoms with Crippen LogP contribution in [0.1, 0.15) is 44.5 Å². The minimum absolute atomic E-state index is 0.630. The highest BCUT2D eigenvalue weighted by molar-refractivity contribution is 6.19. The Morgan fingerprint density at radius 2 is 0.933 bits per heavy atom. The topological polar surface area (TPSA) is 18.5 Å². The van der Waals surface area contributed by atoms with Crippen molar-refractivity contribution in [2.45, 2.75) is 5.41 Å². The average Bonchev–Trinajstić information content (AvgIpc) is 3.46. The van der Waals surface area contributed by atoms with E-state index in [1.54, 1.807) is 14.2 Å². The van der Waals surface area contributed by atoms with Crippen LogP contribution in [0.25, 0.3) is 16.7 Å². The van der Waals surface area contributed by atoms with Gasteiger partial charge >= 0.3 is 0 Å². The lowest BCUT2D eigenvalue weighted by atomic mass is 9.57. The van der Waals surface area contributed by atoms with Gasteiger partial charge in [-0.1, -0.05) is 133 Å². The van der Waals surface area contributed by atoms with Gasteiger partial charge in [0.15, 0.2) is 0 Å². The summed E-state index contributed by atoms with van der Waals surface area (Å²) in [7, 11) is 3.47. The zero-order chi connectivity index (χ0) is 30.4. The molecule has 0 spiro atoms. The van der Waals surface area contributed by atoms with Crippen molar-refractivity contribution < 1.29 is 9.47 Å². The highest BCUT2D eigenvalue weighted by atomic mass is 16.5. The Morgan fingerprint density at radius 3 is 1.58 bits per heavy atom. The highest BCUT2D eigenvalue weighted by Gasteiger charge is 2.51. The molecule has 2 aliphatic rings. The van der Waals surface area contributed by atoms with Crippen molar-refractivity contribution in [2.75, 3.05) is 14.2 Å². The number of allylic oxidation sites excluding steroid dienone is 2. The number of fused-ring (bicyclic) bond motifs is 4. The van der Waals surface area contributed by atoms with Crippen molar-refractivity contribution in [1.82, 2.24) is 0 Å². The predicted molar refractivity (Wildman–Crippen MR) is 184 cm³/mol. The molecular weight excluding hydrogens is 548 g/mol. The van der Waals surface area contributed by atoms with E-state index in [1.165, 1.54) is 66.8 Å². The highest BCUT2D eigenvalue weighted by Crippen LogP contribution is 2.64. The van der Waals surface area contributed by atoms with Crippen LogP contribution in [0, 0.1) is 0 Å². The molecule has 0 fully saturated rings. The van der Waals surface area contributed by atoms with Crippen LogP contribution in [0.2, 0.25) is 0 Å². The van der Waals surface area contributed by atoms with E-state index in [4.69, 9.17) is 9.47 Å². The Balaban J connectivity index is 1.65. The summed E-state index contributed by atoms with van der Waals surface area (Å²) in [5.41, 5.74) is 14.0. The normalized spacial score (nSPS) is 16.6. The average molecular weight is 581 g/mol. The van der Waals surface area contributed by atoms with Gasteiger partial charge in [-0.3, -0.25) is 0 Å². The molecule has 0 N–H and O–H groups in total. The standard InChI is InChI=1S/C43H32O2/c1-44-33-24-22-32(23-25-33)43(31-18-10-5-11-19-31)38-21-13-12-20-36(38)39(29-14-6-3-7-15-29)41-37-28-34(45-2)26-27-35(37)40(42(41)43)30-16-8-4-9-17-30/h3-28H,1-2H3. The van der Waals surface area contributed by atoms with Crippen LogP contribution in [0.5, 0.6) is 11.5 Å². The van der Waals surface area contributed by atoms with Crippen LogP contribution >= 0.6 is 0 Å². The number of hydrogen-bond donors (Lipinski definition) is 0. The zero-order valence-electron chi connectivity index (χ0n) is 25.3. The molecule has 0 amide bonds. The molecule has 1 unspecified atom stereocenters. The molecule has 2 nitrogen and oxygen atoms in total. The molecule has 45 heavy (non-hydrogen) atoms. The van der Waals surface area contributed by atoms with Crippen molar-refractivity contribution in [3.8, 4) is 11.5 Å². The number of hydrogen-bond acceptors (Lipinski definition) is 2. The van der Waals surface area contributed by atoms with E-state index in [0.717, 1.165) is 11.5 Å². The van der Waals surface area contributed by atoms with E-state index >= 15 is 0 Å². The minimum atomic E-state index is -0.630. The van der Waals surface area contributed by atoms with Gasteiger partial charge in [-0.15, -0.1) is 0 Å². The molecule has 0 aliphatic heterocycles. The third-order valence-corrected chi connectivity index (χ3v) is 9.35. The van der Waals surface area contributed by atoms with Crippen molar-refractivity contribution in [1.29, 1.82) is 0 Å². The van der Waals surface area contributed by atoms with E-state index in [-0.39, 0.29) is 0 Å². The zero-order valence-corrected chi connectivity index (χ0v) is 25.3. The van der Waals surface area contributed by atoms with Crippen LogP contribution in [-0.2, 0) is 5.41 Å². The summed E-state index contributed by atoms with van der Waals surface area (Å²) in [6, 6.07) is 56.9. The number of ether oxygens (including phenoxy) is 2. The van der Waals surface area contributed by atoms with Crippen molar-refractivity contribution in [3.63, 3.8) is 0 Å². The molecule has 0 saturated heterocycles. The van der Waals surface area contributed by atoms with Crippen LogP contribution in [-0.4, -0.2) is 14.2 Å². The van der Waals surface area contributed by atoms with Crippen molar-refractivity contribution in [2.24, 2.45) is 0 Å². The summed E-state index contributed by atoms with van der Waals surface area (Å²) in [6.07, 6.45) is 0. The monoisotopic (exact) mass is 580 g/mol. The quantitative estimate of drug-likeness (QED) is 0.195. The summed E-state index contributed by atoms with van der Waals surface area (Å²) < 4.78 is 11.5. The summed E-state index contributed by atoms with van der Waals surface area (Å²) in [5, 5.41) is 0. The maximum Gasteiger partial charge on any atom is 0.119 e. The molecule has 2 heteroatoms. The minimum Gasteiger partial charge on any atom is -0.497 e. The Kier molecular flexibility index (Phi) is 6.50. The number of rotatable bonds is 6. The van der Waals surface area contributed by atoms with Crippen LogP contribution in [0.3, 0.4) is 0 Å². The molecule has 6 aromatic carbocycles. The maximum atomic E-state index is 5.86. The van der Waals surface area contributed by atoms with E-state index in [9.17, 15) is 0 Å². The van der Waals surface area contributed by atoms with Crippen LogP contribution < -0.4 is 9.47 Å². The molecule has 8 rings (SSSR count).